The summed E-state index contributed by atoms with van der Waals surface area (Å²) in [5.74, 6) is 1.53. The molecule has 3 nitrogen and oxygen atoms in total. The zero-order valence-electron chi connectivity index (χ0n) is 10.7. The van der Waals surface area contributed by atoms with Gasteiger partial charge in [0.15, 0.2) is 0 Å². The lowest BCUT2D eigenvalue weighted by atomic mass is 10.0. The van der Waals surface area contributed by atoms with E-state index in [1.165, 1.54) is 0 Å². The molecule has 2 N–H and O–H groups in total. The third kappa shape index (κ3) is 3.13. The first-order valence-electron chi connectivity index (χ1n) is 6.24. The quantitative estimate of drug-likeness (QED) is 0.819. The molecular weight excluding hydrogens is 214 g/mol. The average molecular weight is 235 g/mol. The predicted molar refractivity (Wildman–Crippen MR) is 69.4 cm³/mol. The highest BCUT2D eigenvalue weighted by Crippen LogP contribution is 2.25. The summed E-state index contributed by atoms with van der Waals surface area (Å²) < 4.78 is 11.2. The minimum absolute atomic E-state index is 0.616. The van der Waals surface area contributed by atoms with Crippen LogP contribution in [0.15, 0.2) is 12.1 Å². The summed E-state index contributed by atoms with van der Waals surface area (Å²) in [6.45, 7) is 6.58. The molecule has 0 amide bonds. The number of ether oxygens (including phenoxy) is 2. The maximum atomic E-state index is 5.90. The van der Waals surface area contributed by atoms with Gasteiger partial charge in [0.05, 0.1) is 6.61 Å². The second-order valence-corrected chi connectivity index (χ2v) is 4.84. The fourth-order valence-corrected chi connectivity index (χ4v) is 2.12. The van der Waals surface area contributed by atoms with Crippen LogP contribution in [0.25, 0.3) is 0 Å². The molecule has 1 aromatic carbocycles. The lowest BCUT2D eigenvalue weighted by molar-refractivity contribution is 0.0496. The van der Waals surface area contributed by atoms with Gasteiger partial charge in [-0.2, -0.15) is 0 Å². The van der Waals surface area contributed by atoms with E-state index < -0.39 is 0 Å². The Morgan fingerprint density at radius 1 is 1.24 bits per heavy atom. The fraction of sp³-hybridized carbons (Fsp3) is 0.571. The van der Waals surface area contributed by atoms with E-state index in [0.717, 1.165) is 55.2 Å². The van der Waals surface area contributed by atoms with Crippen LogP contribution in [0.2, 0.25) is 0 Å². The van der Waals surface area contributed by atoms with Gasteiger partial charge in [-0.3, -0.25) is 0 Å². The molecule has 0 unspecified atom stereocenters. The van der Waals surface area contributed by atoms with Gasteiger partial charge in [0.25, 0.3) is 0 Å². The minimum Gasteiger partial charge on any atom is -0.493 e. The zero-order valence-corrected chi connectivity index (χ0v) is 10.7. The number of nitrogens with two attached hydrogens (primary N) is 1. The van der Waals surface area contributed by atoms with E-state index in [4.69, 9.17) is 15.2 Å². The van der Waals surface area contributed by atoms with Crippen LogP contribution in [-0.4, -0.2) is 19.8 Å². The molecule has 1 fully saturated rings. The maximum Gasteiger partial charge on any atom is 0.124 e. The second-order valence-electron chi connectivity index (χ2n) is 4.84. The molecule has 1 heterocycles. The summed E-state index contributed by atoms with van der Waals surface area (Å²) in [6.07, 6.45) is 2.20. The molecule has 94 valence electrons. The number of hydrogen-bond acceptors (Lipinski definition) is 3. The summed E-state index contributed by atoms with van der Waals surface area (Å²) in [4.78, 5) is 0. The lowest BCUT2D eigenvalue weighted by Crippen LogP contribution is -2.21. The number of rotatable bonds is 3. The van der Waals surface area contributed by atoms with Crippen LogP contribution in [0.1, 0.15) is 24.0 Å². The molecule has 1 saturated heterocycles. The number of benzene rings is 1. The summed E-state index contributed by atoms with van der Waals surface area (Å²) in [6, 6.07) is 4.01. The molecule has 17 heavy (non-hydrogen) atoms. The Hall–Kier alpha value is -1.22. The van der Waals surface area contributed by atoms with Crippen LogP contribution in [0.4, 0.5) is 5.69 Å². The van der Waals surface area contributed by atoms with Crippen LogP contribution in [0.3, 0.4) is 0 Å². The SMILES string of the molecule is Cc1cc(C)c(OCC2CCOCC2)cc1N. The molecule has 0 aliphatic carbocycles. The normalized spacial score (nSPS) is 17.1. The average Bonchev–Trinajstić information content (AvgIpc) is 2.33. The molecule has 1 aliphatic heterocycles. The highest BCUT2D eigenvalue weighted by molar-refractivity contribution is 5.54. The van der Waals surface area contributed by atoms with Crippen molar-refractivity contribution in [3.05, 3.63) is 23.3 Å². The number of anilines is 1. The Morgan fingerprint density at radius 3 is 2.65 bits per heavy atom. The van der Waals surface area contributed by atoms with Crippen molar-refractivity contribution in [1.29, 1.82) is 0 Å². The molecule has 2 rings (SSSR count). The van der Waals surface area contributed by atoms with E-state index in [1.807, 2.05) is 13.0 Å². The van der Waals surface area contributed by atoms with Gasteiger partial charge in [0.2, 0.25) is 0 Å². The molecule has 3 heteroatoms. The molecule has 0 atom stereocenters. The maximum absolute atomic E-state index is 5.90. The molecule has 0 radical (unpaired) electrons. The summed E-state index contributed by atoms with van der Waals surface area (Å²) in [5, 5.41) is 0. The number of hydrogen-bond donors (Lipinski definition) is 1. The van der Waals surface area contributed by atoms with Crippen molar-refractivity contribution in [3.63, 3.8) is 0 Å². The third-order valence-corrected chi connectivity index (χ3v) is 3.38. The lowest BCUT2D eigenvalue weighted by Gasteiger charge is -2.22. The van der Waals surface area contributed by atoms with Crippen molar-refractivity contribution in [3.8, 4) is 5.75 Å². The summed E-state index contributed by atoms with van der Waals surface area (Å²) in [7, 11) is 0. The topological polar surface area (TPSA) is 44.5 Å². The second kappa shape index (κ2) is 5.41. The predicted octanol–water partition coefficient (Wildman–Crippen LogP) is 2.69. The van der Waals surface area contributed by atoms with Crippen molar-refractivity contribution >= 4 is 5.69 Å². The molecule has 0 aromatic heterocycles. The Balaban J connectivity index is 1.96. The van der Waals surface area contributed by atoms with Crippen LogP contribution >= 0.6 is 0 Å². The van der Waals surface area contributed by atoms with Crippen molar-refractivity contribution in [2.75, 3.05) is 25.6 Å². The first-order chi connectivity index (χ1) is 8.16. The van der Waals surface area contributed by atoms with E-state index >= 15 is 0 Å². The van der Waals surface area contributed by atoms with Gasteiger partial charge in [0.1, 0.15) is 5.75 Å². The Morgan fingerprint density at radius 2 is 1.94 bits per heavy atom. The van der Waals surface area contributed by atoms with Gasteiger partial charge in [-0.05, 0) is 43.7 Å². The Kier molecular flexibility index (Phi) is 3.89. The van der Waals surface area contributed by atoms with Gasteiger partial charge in [-0.15, -0.1) is 0 Å². The molecule has 0 saturated carbocycles. The number of aryl methyl sites for hydroxylation is 2. The van der Waals surface area contributed by atoms with Gasteiger partial charge in [-0.1, -0.05) is 6.07 Å². The molecule has 0 bridgehead atoms. The van der Waals surface area contributed by atoms with E-state index in [1.54, 1.807) is 0 Å². The van der Waals surface area contributed by atoms with Gasteiger partial charge in [-0.25, -0.2) is 0 Å². The first kappa shape index (κ1) is 12.2. The molecular formula is C14H21NO2. The standard InChI is InChI=1S/C14H21NO2/c1-10-7-11(2)14(8-13(10)15)17-9-12-3-5-16-6-4-12/h7-8,12H,3-6,9,15H2,1-2H3. The van der Waals surface area contributed by atoms with Gasteiger partial charge in [0, 0.05) is 25.0 Å². The van der Waals surface area contributed by atoms with E-state index in [-0.39, 0.29) is 0 Å². The summed E-state index contributed by atoms with van der Waals surface area (Å²) in [5.41, 5.74) is 8.97. The first-order valence-corrected chi connectivity index (χ1v) is 6.24. The van der Waals surface area contributed by atoms with Crippen molar-refractivity contribution in [1.82, 2.24) is 0 Å². The Labute approximate surface area is 103 Å². The highest BCUT2D eigenvalue weighted by atomic mass is 16.5. The zero-order chi connectivity index (χ0) is 12.3. The smallest absolute Gasteiger partial charge is 0.124 e. The monoisotopic (exact) mass is 235 g/mol. The van der Waals surface area contributed by atoms with Gasteiger partial charge >= 0.3 is 0 Å². The van der Waals surface area contributed by atoms with E-state index in [9.17, 15) is 0 Å². The number of nitrogen functional groups attached to an aromatic ring is 1. The Bertz CT molecular complexity index is 384. The van der Waals surface area contributed by atoms with Gasteiger partial charge < -0.3 is 15.2 Å². The van der Waals surface area contributed by atoms with Crippen molar-refractivity contribution in [2.45, 2.75) is 26.7 Å². The van der Waals surface area contributed by atoms with Crippen LogP contribution in [0.5, 0.6) is 5.75 Å². The minimum atomic E-state index is 0.616. The van der Waals surface area contributed by atoms with E-state index in [0.29, 0.717) is 5.92 Å². The van der Waals surface area contributed by atoms with Crippen LogP contribution in [-0.2, 0) is 4.74 Å². The van der Waals surface area contributed by atoms with Crippen molar-refractivity contribution in [2.24, 2.45) is 5.92 Å². The molecule has 1 aliphatic rings. The summed E-state index contributed by atoms with van der Waals surface area (Å²) >= 11 is 0. The van der Waals surface area contributed by atoms with Crippen LogP contribution < -0.4 is 10.5 Å². The highest BCUT2D eigenvalue weighted by Gasteiger charge is 2.15. The van der Waals surface area contributed by atoms with Crippen molar-refractivity contribution < 1.29 is 9.47 Å². The third-order valence-electron chi connectivity index (χ3n) is 3.38. The fourth-order valence-electron chi connectivity index (χ4n) is 2.12. The largest absolute Gasteiger partial charge is 0.493 e. The van der Waals surface area contributed by atoms with Crippen LogP contribution in [0, 0.1) is 19.8 Å². The molecule has 1 aromatic rings. The van der Waals surface area contributed by atoms with E-state index in [2.05, 4.69) is 13.0 Å². The molecule has 0 spiro atoms.